The highest BCUT2D eigenvalue weighted by molar-refractivity contribution is 5.63. The molecule has 1 unspecified atom stereocenters. The number of aliphatic hydroxyl groups is 1. The van der Waals surface area contributed by atoms with E-state index in [0.717, 1.165) is 52.1 Å². The molecule has 6 aromatic rings. The average molecular weight is 636 g/mol. The standard InChI is InChI=1S/C36H25F4N5O2/c37-30-15-18-32(33(38)20-30)35(46,23-45-24-42-43-44-45)36(39,40)34-19-12-26(21-41-34)7-6-25-10-16-31(17-11-25)47-22-27-8-13-29(14-9-27)28-4-2-1-3-5-28/h1-5,8-21,24,46H,22-23H2. The monoisotopic (exact) mass is 635 g/mol. The number of alkyl halides is 2. The van der Waals surface area contributed by atoms with Gasteiger partial charge in [-0.05, 0) is 75.6 Å². The van der Waals surface area contributed by atoms with Gasteiger partial charge >= 0.3 is 5.92 Å². The van der Waals surface area contributed by atoms with E-state index in [-0.39, 0.29) is 0 Å². The van der Waals surface area contributed by atoms with Crippen molar-refractivity contribution in [2.45, 2.75) is 24.7 Å². The van der Waals surface area contributed by atoms with E-state index in [9.17, 15) is 13.9 Å². The molecular formula is C36H25F4N5O2. The number of hydrogen-bond donors (Lipinski definition) is 1. The van der Waals surface area contributed by atoms with E-state index in [0.29, 0.717) is 29.5 Å². The number of tetrazole rings is 1. The van der Waals surface area contributed by atoms with Crippen LogP contribution in [0.5, 0.6) is 5.75 Å². The lowest BCUT2D eigenvalue weighted by atomic mass is 9.84. The van der Waals surface area contributed by atoms with Crippen molar-refractivity contribution in [3.8, 4) is 28.7 Å². The van der Waals surface area contributed by atoms with E-state index in [1.165, 1.54) is 6.07 Å². The molecule has 2 aromatic heterocycles. The minimum absolute atomic E-state index is 0.320. The molecule has 0 bridgehead atoms. The van der Waals surface area contributed by atoms with Crippen molar-refractivity contribution in [3.63, 3.8) is 0 Å². The topological polar surface area (TPSA) is 86.0 Å². The molecule has 47 heavy (non-hydrogen) atoms. The normalized spacial score (nSPS) is 12.5. The van der Waals surface area contributed by atoms with Crippen LogP contribution in [0.2, 0.25) is 0 Å². The van der Waals surface area contributed by atoms with Gasteiger partial charge in [0, 0.05) is 29.0 Å². The van der Waals surface area contributed by atoms with Crippen molar-refractivity contribution in [1.29, 1.82) is 0 Å². The number of halogens is 4. The van der Waals surface area contributed by atoms with E-state index in [2.05, 4.69) is 56.6 Å². The maximum Gasteiger partial charge on any atom is 0.323 e. The minimum Gasteiger partial charge on any atom is -0.489 e. The number of nitrogens with zero attached hydrogens (tertiary/aromatic N) is 5. The molecule has 1 atom stereocenters. The Hall–Kier alpha value is -5.86. The van der Waals surface area contributed by atoms with Crippen LogP contribution in [0.3, 0.4) is 0 Å². The van der Waals surface area contributed by atoms with Crippen molar-refractivity contribution in [1.82, 2.24) is 25.2 Å². The van der Waals surface area contributed by atoms with Crippen molar-refractivity contribution in [2.75, 3.05) is 0 Å². The predicted molar refractivity (Wildman–Crippen MR) is 165 cm³/mol. The first kappa shape index (κ1) is 31.1. The molecule has 0 saturated heterocycles. The average Bonchev–Trinajstić information content (AvgIpc) is 3.60. The molecule has 0 saturated carbocycles. The van der Waals surface area contributed by atoms with Crippen LogP contribution in [-0.4, -0.2) is 30.3 Å². The van der Waals surface area contributed by atoms with Gasteiger partial charge in [0.25, 0.3) is 0 Å². The molecule has 4 aromatic carbocycles. The largest absolute Gasteiger partial charge is 0.489 e. The predicted octanol–water partition coefficient (Wildman–Crippen LogP) is 6.67. The summed E-state index contributed by atoms with van der Waals surface area (Å²) in [6.45, 7) is -0.555. The van der Waals surface area contributed by atoms with Gasteiger partial charge in [-0.15, -0.1) is 5.10 Å². The number of aromatic nitrogens is 5. The van der Waals surface area contributed by atoms with Gasteiger partial charge in [0.1, 0.15) is 36.0 Å². The van der Waals surface area contributed by atoms with Gasteiger partial charge in [-0.3, -0.25) is 4.98 Å². The molecule has 0 fully saturated rings. The highest BCUT2D eigenvalue weighted by Gasteiger charge is 2.58. The summed E-state index contributed by atoms with van der Waals surface area (Å²) in [6.07, 6.45) is 2.10. The Morgan fingerprint density at radius 2 is 1.49 bits per heavy atom. The summed E-state index contributed by atoms with van der Waals surface area (Å²) >= 11 is 0. The lowest BCUT2D eigenvalue weighted by Crippen LogP contribution is -2.48. The molecule has 2 heterocycles. The molecule has 1 N–H and O–H groups in total. The van der Waals surface area contributed by atoms with Crippen molar-refractivity contribution >= 4 is 0 Å². The van der Waals surface area contributed by atoms with E-state index in [4.69, 9.17) is 4.74 Å². The van der Waals surface area contributed by atoms with Crippen LogP contribution in [-0.2, 0) is 24.7 Å². The molecular weight excluding hydrogens is 610 g/mol. The molecule has 6 rings (SSSR count). The van der Waals surface area contributed by atoms with Crippen LogP contribution in [0.15, 0.2) is 122 Å². The highest BCUT2D eigenvalue weighted by atomic mass is 19.3. The van der Waals surface area contributed by atoms with E-state index in [1.54, 1.807) is 24.3 Å². The van der Waals surface area contributed by atoms with E-state index < -0.39 is 41.0 Å². The van der Waals surface area contributed by atoms with Gasteiger partial charge in [-0.2, -0.15) is 8.78 Å². The fraction of sp³-hybridized carbons (Fsp3) is 0.111. The van der Waals surface area contributed by atoms with Crippen LogP contribution in [0.25, 0.3) is 11.1 Å². The molecule has 0 aliphatic carbocycles. The number of hydrogen-bond acceptors (Lipinski definition) is 6. The summed E-state index contributed by atoms with van der Waals surface area (Å²) in [6, 6.07) is 29.6. The maximum atomic E-state index is 15.9. The SMILES string of the molecule is OC(Cn1cnnn1)(c1ccc(F)cc1F)C(F)(F)c1ccc(C#Cc2ccc(OCc3ccc(-c4ccccc4)cc3)cc2)cn1. The Morgan fingerprint density at radius 1 is 0.787 bits per heavy atom. The van der Waals surface area contributed by atoms with E-state index >= 15 is 8.78 Å². The second-order valence-corrected chi connectivity index (χ2v) is 10.6. The smallest absolute Gasteiger partial charge is 0.323 e. The van der Waals surface area contributed by atoms with Gasteiger partial charge in [0.15, 0.2) is 5.60 Å². The van der Waals surface area contributed by atoms with Gasteiger partial charge in [-0.25, -0.2) is 13.5 Å². The Morgan fingerprint density at radius 3 is 2.15 bits per heavy atom. The Balaban J connectivity index is 1.13. The minimum atomic E-state index is -4.16. The fourth-order valence-corrected chi connectivity index (χ4v) is 4.90. The Bertz CT molecular complexity index is 2010. The fourth-order valence-electron chi connectivity index (χ4n) is 4.90. The van der Waals surface area contributed by atoms with Gasteiger partial charge < -0.3 is 9.84 Å². The maximum absolute atomic E-state index is 15.9. The Labute approximate surface area is 267 Å². The van der Waals surface area contributed by atoms with Crippen molar-refractivity contribution < 1.29 is 27.4 Å². The zero-order chi connectivity index (χ0) is 32.9. The number of benzene rings is 4. The van der Waals surface area contributed by atoms with Crippen LogP contribution in [0.4, 0.5) is 17.6 Å². The summed E-state index contributed by atoms with van der Waals surface area (Å²) in [5.41, 5.74) is -0.676. The molecule has 0 spiro atoms. The van der Waals surface area contributed by atoms with Crippen LogP contribution < -0.4 is 4.74 Å². The molecule has 0 aliphatic rings. The van der Waals surface area contributed by atoms with Gasteiger partial charge in [0.2, 0.25) is 0 Å². The lowest BCUT2D eigenvalue weighted by molar-refractivity contribution is -0.207. The van der Waals surface area contributed by atoms with Crippen LogP contribution >= 0.6 is 0 Å². The molecule has 234 valence electrons. The lowest BCUT2D eigenvalue weighted by Gasteiger charge is -2.35. The van der Waals surface area contributed by atoms with Gasteiger partial charge in [0.05, 0.1) is 6.54 Å². The first-order valence-electron chi connectivity index (χ1n) is 14.3. The third kappa shape index (κ3) is 6.88. The molecule has 0 radical (unpaired) electrons. The summed E-state index contributed by atoms with van der Waals surface area (Å²) in [4.78, 5) is 3.83. The molecule has 0 amide bonds. The second-order valence-electron chi connectivity index (χ2n) is 10.6. The second kappa shape index (κ2) is 13.2. The summed E-state index contributed by atoms with van der Waals surface area (Å²) < 4.78 is 66.9. The van der Waals surface area contributed by atoms with Crippen molar-refractivity contribution in [3.05, 3.63) is 161 Å². The Kier molecular flexibility index (Phi) is 8.77. The summed E-state index contributed by atoms with van der Waals surface area (Å²) in [5, 5.41) is 21.6. The zero-order valence-electron chi connectivity index (χ0n) is 24.6. The first-order chi connectivity index (χ1) is 22.7. The van der Waals surface area contributed by atoms with E-state index in [1.807, 2.05) is 30.3 Å². The number of rotatable bonds is 9. The molecule has 0 aliphatic heterocycles. The third-order valence-electron chi connectivity index (χ3n) is 7.44. The highest BCUT2D eigenvalue weighted by Crippen LogP contribution is 2.46. The zero-order valence-corrected chi connectivity index (χ0v) is 24.6. The summed E-state index contributed by atoms with van der Waals surface area (Å²) in [5.74, 6) is -0.0531. The first-order valence-corrected chi connectivity index (χ1v) is 14.3. The number of ether oxygens (including phenoxy) is 1. The molecule has 7 nitrogen and oxygen atoms in total. The number of pyridine rings is 1. The van der Waals surface area contributed by atoms with Crippen LogP contribution in [0.1, 0.15) is 27.9 Å². The summed E-state index contributed by atoms with van der Waals surface area (Å²) in [7, 11) is 0. The van der Waals surface area contributed by atoms with Crippen LogP contribution in [0, 0.1) is 23.5 Å². The quantitative estimate of drug-likeness (QED) is 0.141. The molecule has 11 heteroatoms. The van der Waals surface area contributed by atoms with Gasteiger partial charge in [-0.1, -0.05) is 66.4 Å². The van der Waals surface area contributed by atoms with Crippen molar-refractivity contribution in [2.24, 2.45) is 0 Å². The third-order valence-corrected chi connectivity index (χ3v) is 7.44.